The van der Waals surface area contributed by atoms with E-state index in [0.717, 1.165) is 6.07 Å². The quantitative estimate of drug-likeness (QED) is 0.565. The van der Waals surface area contributed by atoms with E-state index in [1.165, 1.54) is 17.0 Å². The molecule has 1 N–H and O–H groups in total. The molecule has 0 atom stereocenters. The number of rotatable bonds is 6. The zero-order chi connectivity index (χ0) is 22.7. The standard InChI is InChI=1S/C22H20F4N4O2/c23-17-12-14(19-28-29-20(32-19)18(24)25)6-7-15(17)13-30(16-4-2-1-3-5-16)21(31)22(26)8-10-27-11-9-22/h1-7,12,18,27H,8-11,13H2. The molecule has 168 valence electrons. The van der Waals surface area contributed by atoms with Crippen LogP contribution in [-0.4, -0.2) is 34.9 Å². The number of alkyl halides is 3. The van der Waals surface area contributed by atoms with E-state index in [2.05, 4.69) is 15.5 Å². The van der Waals surface area contributed by atoms with E-state index >= 15 is 4.39 Å². The lowest BCUT2D eigenvalue weighted by molar-refractivity contribution is -0.131. The Balaban J connectivity index is 1.62. The number of carbonyl (C=O) groups is 1. The van der Waals surface area contributed by atoms with Crippen molar-refractivity contribution in [2.75, 3.05) is 18.0 Å². The third kappa shape index (κ3) is 4.50. The van der Waals surface area contributed by atoms with Gasteiger partial charge in [0.25, 0.3) is 11.8 Å². The highest BCUT2D eigenvalue weighted by Crippen LogP contribution is 2.31. The van der Waals surface area contributed by atoms with Crippen molar-refractivity contribution in [2.24, 2.45) is 0 Å². The number of benzene rings is 2. The Hall–Kier alpha value is -3.27. The lowest BCUT2D eigenvalue weighted by Crippen LogP contribution is -2.51. The lowest BCUT2D eigenvalue weighted by atomic mass is 9.92. The number of piperidine rings is 1. The van der Waals surface area contributed by atoms with E-state index in [4.69, 9.17) is 4.42 Å². The van der Waals surface area contributed by atoms with E-state index < -0.39 is 29.7 Å². The van der Waals surface area contributed by atoms with Crippen molar-refractivity contribution < 1.29 is 26.8 Å². The van der Waals surface area contributed by atoms with Gasteiger partial charge in [-0.3, -0.25) is 4.79 Å². The molecule has 1 fully saturated rings. The smallest absolute Gasteiger partial charge is 0.314 e. The fraction of sp³-hybridized carbons (Fsp3) is 0.318. The first kappa shape index (κ1) is 21.9. The molecular weight excluding hydrogens is 428 g/mol. The average molecular weight is 448 g/mol. The number of aromatic nitrogens is 2. The van der Waals surface area contributed by atoms with Crippen LogP contribution in [0.1, 0.15) is 30.7 Å². The summed E-state index contributed by atoms with van der Waals surface area (Å²) in [4.78, 5) is 14.4. The van der Waals surface area contributed by atoms with Crippen LogP contribution < -0.4 is 10.2 Å². The zero-order valence-electron chi connectivity index (χ0n) is 16.9. The normalized spacial score (nSPS) is 15.7. The first-order valence-electron chi connectivity index (χ1n) is 10.0. The van der Waals surface area contributed by atoms with Crippen LogP contribution in [0.5, 0.6) is 0 Å². The molecule has 0 saturated carbocycles. The number of halogens is 4. The third-order valence-electron chi connectivity index (χ3n) is 5.35. The Morgan fingerprint density at radius 3 is 2.47 bits per heavy atom. The Morgan fingerprint density at radius 1 is 1.12 bits per heavy atom. The van der Waals surface area contributed by atoms with Crippen LogP contribution in [0, 0.1) is 5.82 Å². The minimum atomic E-state index is -2.94. The van der Waals surface area contributed by atoms with E-state index in [0.29, 0.717) is 18.8 Å². The molecule has 10 heteroatoms. The fourth-order valence-corrected chi connectivity index (χ4v) is 3.59. The van der Waals surface area contributed by atoms with Gasteiger partial charge in [-0.05, 0) is 37.4 Å². The van der Waals surface area contributed by atoms with Gasteiger partial charge >= 0.3 is 6.43 Å². The van der Waals surface area contributed by atoms with Crippen molar-refractivity contribution in [1.82, 2.24) is 15.5 Å². The predicted molar refractivity (Wildman–Crippen MR) is 108 cm³/mol. The van der Waals surface area contributed by atoms with Crippen LogP contribution in [-0.2, 0) is 11.3 Å². The molecule has 0 radical (unpaired) electrons. The molecule has 2 heterocycles. The molecule has 0 spiro atoms. The molecule has 1 aromatic heterocycles. The number of nitrogens with one attached hydrogen (secondary N) is 1. The minimum absolute atomic E-state index is 0.0280. The molecule has 1 aliphatic heterocycles. The molecule has 0 aliphatic carbocycles. The minimum Gasteiger partial charge on any atom is -0.415 e. The number of hydrogen-bond donors (Lipinski definition) is 1. The summed E-state index contributed by atoms with van der Waals surface area (Å²) in [5.74, 6) is -2.56. The number of anilines is 1. The molecule has 6 nitrogen and oxygen atoms in total. The van der Waals surface area contributed by atoms with Gasteiger partial charge in [0.2, 0.25) is 5.89 Å². The summed E-state index contributed by atoms with van der Waals surface area (Å²) < 4.78 is 60.5. The van der Waals surface area contributed by atoms with Crippen LogP contribution in [0.2, 0.25) is 0 Å². The maximum absolute atomic E-state index is 15.4. The van der Waals surface area contributed by atoms with Gasteiger partial charge < -0.3 is 14.6 Å². The van der Waals surface area contributed by atoms with E-state index in [-0.39, 0.29) is 36.4 Å². The Kier molecular flexibility index (Phi) is 6.22. The third-order valence-corrected chi connectivity index (χ3v) is 5.35. The van der Waals surface area contributed by atoms with Crippen molar-refractivity contribution in [3.63, 3.8) is 0 Å². The summed E-state index contributed by atoms with van der Waals surface area (Å²) in [7, 11) is 0. The van der Waals surface area contributed by atoms with Gasteiger partial charge in [-0.15, -0.1) is 10.2 Å². The van der Waals surface area contributed by atoms with Crippen molar-refractivity contribution >= 4 is 11.6 Å². The molecule has 4 rings (SSSR count). The number of amides is 1. The maximum Gasteiger partial charge on any atom is 0.314 e. The molecule has 32 heavy (non-hydrogen) atoms. The highest BCUT2D eigenvalue weighted by atomic mass is 19.3. The molecule has 3 aromatic rings. The number of nitrogens with zero attached hydrogens (tertiary/aromatic N) is 3. The molecule has 0 bridgehead atoms. The average Bonchev–Trinajstić information content (AvgIpc) is 3.30. The second-order valence-corrected chi connectivity index (χ2v) is 7.49. The van der Waals surface area contributed by atoms with E-state index in [9.17, 15) is 18.0 Å². The summed E-state index contributed by atoms with van der Waals surface area (Å²) >= 11 is 0. The van der Waals surface area contributed by atoms with Gasteiger partial charge in [0.15, 0.2) is 5.67 Å². The van der Waals surface area contributed by atoms with Crippen LogP contribution in [0.3, 0.4) is 0 Å². The molecule has 0 unspecified atom stereocenters. The van der Waals surface area contributed by atoms with E-state index in [1.807, 2.05) is 0 Å². The first-order valence-corrected chi connectivity index (χ1v) is 10.0. The Bertz CT molecular complexity index is 1080. The molecule has 1 saturated heterocycles. The van der Waals surface area contributed by atoms with Crippen molar-refractivity contribution in [3.8, 4) is 11.5 Å². The fourth-order valence-electron chi connectivity index (χ4n) is 3.59. The van der Waals surface area contributed by atoms with Crippen LogP contribution >= 0.6 is 0 Å². The van der Waals surface area contributed by atoms with Gasteiger partial charge in [0, 0.05) is 29.7 Å². The number of hydrogen-bond acceptors (Lipinski definition) is 5. The SMILES string of the molecule is O=C(N(Cc1ccc(-c2nnc(C(F)F)o2)cc1F)c1ccccc1)C1(F)CCNCC1. The zero-order valence-corrected chi connectivity index (χ0v) is 16.9. The van der Waals surface area contributed by atoms with Crippen LogP contribution in [0.25, 0.3) is 11.5 Å². The van der Waals surface area contributed by atoms with Gasteiger partial charge in [-0.25, -0.2) is 8.78 Å². The van der Waals surface area contributed by atoms with Crippen LogP contribution in [0.4, 0.5) is 23.2 Å². The summed E-state index contributed by atoms with van der Waals surface area (Å²) in [6.07, 6.45) is -2.88. The predicted octanol–water partition coefficient (Wildman–Crippen LogP) is 4.44. The highest BCUT2D eigenvalue weighted by molar-refractivity contribution is 5.99. The summed E-state index contributed by atoms with van der Waals surface area (Å²) in [5.41, 5.74) is -1.37. The van der Waals surface area contributed by atoms with Crippen molar-refractivity contribution in [2.45, 2.75) is 31.5 Å². The lowest BCUT2D eigenvalue weighted by Gasteiger charge is -2.34. The second-order valence-electron chi connectivity index (χ2n) is 7.49. The van der Waals surface area contributed by atoms with Crippen molar-refractivity contribution in [3.05, 3.63) is 65.8 Å². The largest absolute Gasteiger partial charge is 0.415 e. The first-order chi connectivity index (χ1) is 15.4. The van der Waals surface area contributed by atoms with E-state index in [1.54, 1.807) is 30.3 Å². The molecular formula is C22H20F4N4O2. The maximum atomic E-state index is 15.4. The topological polar surface area (TPSA) is 71.3 Å². The summed E-state index contributed by atoms with van der Waals surface area (Å²) in [5, 5.41) is 9.75. The monoisotopic (exact) mass is 448 g/mol. The summed E-state index contributed by atoms with van der Waals surface area (Å²) in [6, 6.07) is 12.3. The number of carbonyl (C=O) groups excluding carboxylic acids is 1. The highest BCUT2D eigenvalue weighted by Gasteiger charge is 2.43. The Labute approximate surface area is 181 Å². The van der Waals surface area contributed by atoms with Crippen LogP contribution in [0.15, 0.2) is 52.9 Å². The van der Waals surface area contributed by atoms with Gasteiger partial charge in [0.05, 0.1) is 6.54 Å². The molecule has 1 aliphatic rings. The van der Waals surface area contributed by atoms with Gasteiger partial charge in [0.1, 0.15) is 5.82 Å². The Morgan fingerprint density at radius 2 is 1.84 bits per heavy atom. The number of para-hydroxylation sites is 1. The second kappa shape index (κ2) is 9.07. The molecule has 2 aromatic carbocycles. The molecule has 1 amide bonds. The van der Waals surface area contributed by atoms with Gasteiger partial charge in [-0.1, -0.05) is 24.3 Å². The van der Waals surface area contributed by atoms with Crippen molar-refractivity contribution in [1.29, 1.82) is 0 Å². The summed E-state index contributed by atoms with van der Waals surface area (Å²) in [6.45, 7) is 0.539. The van der Waals surface area contributed by atoms with Gasteiger partial charge in [-0.2, -0.15) is 8.78 Å².